The Morgan fingerprint density at radius 2 is 1.68 bits per heavy atom. The standard InChI is InChI=1S/C24H18FNO3S2/c1-28-21-9-5-3-7-19(21)26-23(27)22(31-24(26)30)14-17-6-2-4-8-20(17)29-15-16-10-12-18(25)13-11-16/h2-14H,15H2,1H3. The molecule has 156 valence electrons. The lowest BCUT2D eigenvalue weighted by atomic mass is 10.1. The van der Waals surface area contributed by atoms with Crippen LogP contribution in [-0.4, -0.2) is 17.3 Å². The highest BCUT2D eigenvalue weighted by molar-refractivity contribution is 8.27. The summed E-state index contributed by atoms with van der Waals surface area (Å²) in [5, 5.41) is 0. The quantitative estimate of drug-likeness (QED) is 0.349. The van der Waals surface area contributed by atoms with Gasteiger partial charge in [-0.3, -0.25) is 9.69 Å². The number of nitrogens with zero attached hydrogens (tertiary/aromatic N) is 1. The Balaban J connectivity index is 1.58. The number of halogens is 1. The Kier molecular flexibility index (Phi) is 6.34. The summed E-state index contributed by atoms with van der Waals surface area (Å²) in [6, 6.07) is 20.8. The van der Waals surface area contributed by atoms with Crippen molar-refractivity contribution >= 4 is 46.0 Å². The minimum atomic E-state index is -0.291. The molecule has 1 saturated heterocycles. The van der Waals surface area contributed by atoms with Gasteiger partial charge in [-0.15, -0.1) is 0 Å². The summed E-state index contributed by atoms with van der Waals surface area (Å²) in [4.78, 5) is 15.1. The summed E-state index contributed by atoms with van der Waals surface area (Å²) in [6.45, 7) is 0.285. The number of benzene rings is 3. The maximum atomic E-state index is 13.1. The number of methoxy groups -OCH3 is 1. The Morgan fingerprint density at radius 3 is 2.42 bits per heavy atom. The second-order valence-electron chi connectivity index (χ2n) is 6.64. The molecular weight excluding hydrogens is 433 g/mol. The largest absolute Gasteiger partial charge is 0.495 e. The maximum absolute atomic E-state index is 13.1. The highest BCUT2D eigenvalue weighted by Gasteiger charge is 2.35. The molecule has 1 aliphatic rings. The summed E-state index contributed by atoms with van der Waals surface area (Å²) in [7, 11) is 1.56. The lowest BCUT2D eigenvalue weighted by Crippen LogP contribution is -2.27. The number of hydrogen-bond donors (Lipinski definition) is 0. The number of para-hydroxylation sites is 3. The number of carbonyl (C=O) groups excluding carboxylic acids is 1. The van der Waals surface area contributed by atoms with Gasteiger partial charge in [0.2, 0.25) is 0 Å². The van der Waals surface area contributed by atoms with Crippen LogP contribution in [0.15, 0.2) is 77.7 Å². The molecule has 1 heterocycles. The molecule has 0 saturated carbocycles. The number of carbonyl (C=O) groups is 1. The predicted octanol–water partition coefficient (Wildman–Crippen LogP) is 5.82. The van der Waals surface area contributed by atoms with Gasteiger partial charge < -0.3 is 9.47 Å². The Hall–Kier alpha value is -3.16. The van der Waals surface area contributed by atoms with Gasteiger partial charge in [0, 0.05) is 5.56 Å². The van der Waals surface area contributed by atoms with Crippen LogP contribution < -0.4 is 14.4 Å². The SMILES string of the molecule is COc1ccccc1N1C(=O)C(=Cc2ccccc2OCc2ccc(F)cc2)SC1=S. The van der Waals surface area contributed by atoms with Crippen LogP contribution in [0.25, 0.3) is 6.08 Å². The summed E-state index contributed by atoms with van der Waals surface area (Å²) in [6.07, 6.45) is 1.77. The Bertz CT molecular complexity index is 1160. The van der Waals surface area contributed by atoms with Crippen LogP contribution >= 0.6 is 24.0 Å². The van der Waals surface area contributed by atoms with E-state index in [2.05, 4.69) is 0 Å². The van der Waals surface area contributed by atoms with Gasteiger partial charge in [-0.2, -0.15) is 0 Å². The predicted molar refractivity (Wildman–Crippen MR) is 126 cm³/mol. The van der Waals surface area contributed by atoms with Gasteiger partial charge in [0.05, 0.1) is 17.7 Å². The van der Waals surface area contributed by atoms with Gasteiger partial charge in [-0.1, -0.05) is 66.4 Å². The normalized spacial score (nSPS) is 14.9. The van der Waals surface area contributed by atoms with Crippen molar-refractivity contribution < 1.29 is 18.7 Å². The van der Waals surface area contributed by atoms with E-state index in [1.807, 2.05) is 36.4 Å². The molecule has 0 aliphatic carbocycles. The van der Waals surface area contributed by atoms with Crippen LogP contribution in [0.1, 0.15) is 11.1 Å². The third-order valence-corrected chi connectivity index (χ3v) is 5.94. The number of anilines is 1. The van der Waals surface area contributed by atoms with E-state index in [4.69, 9.17) is 21.7 Å². The molecule has 0 bridgehead atoms. The zero-order chi connectivity index (χ0) is 21.8. The fraction of sp³-hybridized carbons (Fsp3) is 0.0833. The smallest absolute Gasteiger partial charge is 0.270 e. The molecule has 1 amide bonds. The first-order valence-corrected chi connectivity index (χ1v) is 10.7. The second kappa shape index (κ2) is 9.32. The lowest BCUT2D eigenvalue weighted by Gasteiger charge is -2.17. The molecular formula is C24H18FNO3S2. The van der Waals surface area contributed by atoms with Crippen molar-refractivity contribution in [1.29, 1.82) is 0 Å². The first-order chi connectivity index (χ1) is 15.1. The molecule has 4 nitrogen and oxygen atoms in total. The van der Waals surface area contributed by atoms with Gasteiger partial charge in [-0.05, 0) is 42.0 Å². The van der Waals surface area contributed by atoms with E-state index < -0.39 is 0 Å². The van der Waals surface area contributed by atoms with E-state index in [1.165, 1.54) is 28.8 Å². The van der Waals surface area contributed by atoms with Gasteiger partial charge in [0.1, 0.15) is 23.9 Å². The Morgan fingerprint density at radius 1 is 1.00 bits per heavy atom. The fourth-order valence-electron chi connectivity index (χ4n) is 3.10. The maximum Gasteiger partial charge on any atom is 0.270 e. The molecule has 1 fully saturated rings. The summed E-state index contributed by atoms with van der Waals surface area (Å²) < 4.78 is 24.9. The summed E-state index contributed by atoms with van der Waals surface area (Å²) >= 11 is 6.70. The molecule has 0 unspecified atom stereocenters. The third-order valence-electron chi connectivity index (χ3n) is 4.63. The number of thiocarbonyl (C=S) groups is 1. The molecule has 1 aliphatic heterocycles. The monoisotopic (exact) mass is 451 g/mol. The van der Waals surface area contributed by atoms with Gasteiger partial charge in [0.25, 0.3) is 5.91 Å². The van der Waals surface area contributed by atoms with Crippen LogP contribution in [0.3, 0.4) is 0 Å². The van der Waals surface area contributed by atoms with Crippen molar-refractivity contribution in [2.24, 2.45) is 0 Å². The first-order valence-electron chi connectivity index (χ1n) is 9.44. The van der Waals surface area contributed by atoms with E-state index >= 15 is 0 Å². The van der Waals surface area contributed by atoms with Gasteiger partial charge in [-0.25, -0.2) is 4.39 Å². The molecule has 0 N–H and O–H groups in total. The minimum Gasteiger partial charge on any atom is -0.495 e. The van der Waals surface area contributed by atoms with E-state index in [0.29, 0.717) is 26.4 Å². The summed E-state index contributed by atoms with van der Waals surface area (Å²) in [5.74, 6) is 0.687. The van der Waals surface area contributed by atoms with E-state index in [-0.39, 0.29) is 18.3 Å². The molecule has 4 rings (SSSR count). The average molecular weight is 452 g/mol. The van der Waals surface area contributed by atoms with Crippen LogP contribution in [0.4, 0.5) is 10.1 Å². The van der Waals surface area contributed by atoms with Crippen molar-refractivity contribution in [1.82, 2.24) is 0 Å². The zero-order valence-corrected chi connectivity index (χ0v) is 18.2. The molecule has 0 spiro atoms. The number of amides is 1. The van der Waals surface area contributed by atoms with Crippen molar-refractivity contribution in [3.63, 3.8) is 0 Å². The number of ether oxygens (including phenoxy) is 2. The molecule has 0 radical (unpaired) electrons. The van der Waals surface area contributed by atoms with E-state index in [1.54, 1.807) is 37.5 Å². The highest BCUT2D eigenvalue weighted by atomic mass is 32.2. The number of hydrogen-bond acceptors (Lipinski definition) is 5. The van der Waals surface area contributed by atoms with Crippen molar-refractivity contribution in [2.75, 3.05) is 12.0 Å². The molecule has 7 heteroatoms. The molecule has 31 heavy (non-hydrogen) atoms. The van der Waals surface area contributed by atoms with Gasteiger partial charge >= 0.3 is 0 Å². The first kappa shape index (κ1) is 21.1. The van der Waals surface area contributed by atoms with E-state index in [9.17, 15) is 9.18 Å². The topological polar surface area (TPSA) is 38.8 Å². The van der Waals surface area contributed by atoms with E-state index in [0.717, 1.165) is 11.1 Å². The van der Waals surface area contributed by atoms with Crippen molar-refractivity contribution in [2.45, 2.75) is 6.61 Å². The molecule has 0 aromatic heterocycles. The van der Waals surface area contributed by atoms with Crippen molar-refractivity contribution in [3.05, 3.63) is 94.6 Å². The fourth-order valence-corrected chi connectivity index (χ4v) is 4.38. The van der Waals surface area contributed by atoms with Gasteiger partial charge in [0.15, 0.2) is 4.32 Å². The number of rotatable bonds is 6. The lowest BCUT2D eigenvalue weighted by molar-refractivity contribution is -0.113. The average Bonchev–Trinajstić information content (AvgIpc) is 3.06. The second-order valence-corrected chi connectivity index (χ2v) is 8.32. The molecule has 3 aromatic carbocycles. The summed E-state index contributed by atoms with van der Waals surface area (Å²) in [5.41, 5.74) is 2.21. The van der Waals surface area contributed by atoms with Crippen LogP contribution in [0.5, 0.6) is 11.5 Å². The third kappa shape index (κ3) is 4.62. The Labute approximate surface area is 189 Å². The number of thioether (sulfide) groups is 1. The zero-order valence-electron chi connectivity index (χ0n) is 16.6. The van der Waals surface area contributed by atoms with Crippen LogP contribution in [0, 0.1) is 5.82 Å². The van der Waals surface area contributed by atoms with Crippen LogP contribution in [0.2, 0.25) is 0 Å². The minimum absolute atomic E-state index is 0.215. The van der Waals surface area contributed by atoms with Crippen molar-refractivity contribution in [3.8, 4) is 11.5 Å². The highest BCUT2D eigenvalue weighted by Crippen LogP contribution is 2.40. The molecule has 3 aromatic rings. The molecule has 0 atom stereocenters. The van der Waals surface area contributed by atoms with Crippen LogP contribution in [-0.2, 0) is 11.4 Å².